The molecule has 30 heteroatoms. The van der Waals surface area contributed by atoms with E-state index in [-0.39, 0.29) is 107 Å². The van der Waals surface area contributed by atoms with Gasteiger partial charge in [-0.25, -0.2) is 4.79 Å². The number of aliphatic imine (C=N–C) groups is 3. The van der Waals surface area contributed by atoms with E-state index in [0.29, 0.717) is 25.7 Å². The molecule has 30 nitrogen and oxygen atoms in total. The van der Waals surface area contributed by atoms with Crippen molar-refractivity contribution >= 4 is 71.1 Å². The summed E-state index contributed by atoms with van der Waals surface area (Å²) < 4.78 is 0. The Morgan fingerprint density at radius 3 is 1.18 bits per heavy atom. The number of amides is 8. The van der Waals surface area contributed by atoms with Gasteiger partial charge in [0.2, 0.25) is 47.3 Å². The van der Waals surface area contributed by atoms with Gasteiger partial charge in [-0.3, -0.25) is 53.3 Å². The number of nitrogens with two attached hydrogens (primary N) is 8. The normalized spacial score (nSPS) is 15.3. The molecule has 0 aromatic heterocycles. The summed E-state index contributed by atoms with van der Waals surface area (Å²) in [5.41, 5.74) is 44.5. The Labute approximate surface area is 469 Å². The number of unbranched alkanes of at least 4 members (excludes halogenated alkanes) is 1. The lowest BCUT2D eigenvalue weighted by Gasteiger charge is -2.30. The molecule has 0 saturated heterocycles. The standard InChI is InChI=1S/C50H97N19O11/c1-9-28(7)36(52)44(76)66-34(24-26(3)4)42(74)63-32(18-14-22-60-49(55)56)41(73)68-37(27(5)6)45(77)69-38(29(8)10-2)46(78)67-35(25-70)43(75)64-30(16-11-12-20-51)39(71)62-31(17-13-21-59-48(53)54)40(72)65-33(47(79)80)19-15-23-61-50(57)58/h26-38,70H,9-25,51-52H2,1-8H3,(H,62,71)(H,63,74)(H,64,75)(H,65,72)(H,66,76)(H,67,78)(H,68,73)(H,69,77)(H,79,80)(H4,53,54,59)(H4,55,56,60)(H4,57,58,61)/t28-,29-,30-,31-,32-,33-,34-,35-,36-,37-,38-/m0/s1. The van der Waals surface area contributed by atoms with Crippen LogP contribution in [0.3, 0.4) is 0 Å². The fraction of sp³-hybridized carbons (Fsp3) is 0.760. The van der Waals surface area contributed by atoms with E-state index in [0.717, 1.165) is 0 Å². The zero-order valence-corrected chi connectivity index (χ0v) is 48.1. The van der Waals surface area contributed by atoms with Gasteiger partial charge in [0.1, 0.15) is 48.3 Å². The van der Waals surface area contributed by atoms with Crippen molar-refractivity contribution in [3.63, 3.8) is 0 Å². The van der Waals surface area contributed by atoms with Crippen LogP contribution in [0, 0.1) is 23.7 Å². The Kier molecular flexibility index (Phi) is 35.8. The van der Waals surface area contributed by atoms with Crippen molar-refractivity contribution in [3.05, 3.63) is 0 Å². The lowest BCUT2D eigenvalue weighted by molar-refractivity contribution is -0.142. The maximum absolute atomic E-state index is 14.2. The molecule has 11 atom stereocenters. The number of rotatable bonds is 41. The molecule has 0 heterocycles. The number of nitrogens with one attached hydrogen (secondary N) is 8. The second-order valence-electron chi connectivity index (χ2n) is 20.7. The first-order valence-electron chi connectivity index (χ1n) is 27.4. The third kappa shape index (κ3) is 29.2. The molecule has 458 valence electrons. The molecule has 0 saturated carbocycles. The zero-order valence-electron chi connectivity index (χ0n) is 48.1. The van der Waals surface area contributed by atoms with Crippen molar-refractivity contribution in [2.45, 2.75) is 187 Å². The molecule has 0 bridgehead atoms. The Bertz CT molecular complexity index is 2070. The minimum atomic E-state index is -1.69. The van der Waals surface area contributed by atoms with Crippen molar-refractivity contribution in [3.8, 4) is 0 Å². The number of carbonyl (C=O) groups excluding carboxylic acids is 8. The van der Waals surface area contributed by atoms with Crippen LogP contribution in [0.2, 0.25) is 0 Å². The Morgan fingerprint density at radius 2 is 0.787 bits per heavy atom. The molecule has 0 rings (SSSR count). The van der Waals surface area contributed by atoms with E-state index in [1.807, 2.05) is 27.7 Å². The maximum Gasteiger partial charge on any atom is 0.326 e. The summed E-state index contributed by atoms with van der Waals surface area (Å²) in [5, 5.41) is 41.2. The first-order valence-corrected chi connectivity index (χ1v) is 27.4. The van der Waals surface area contributed by atoms with Gasteiger partial charge in [0.25, 0.3) is 0 Å². The molecule has 0 spiro atoms. The van der Waals surface area contributed by atoms with Gasteiger partial charge in [-0.2, -0.15) is 0 Å². The average Bonchev–Trinajstić information content (AvgIpc) is 3.38. The van der Waals surface area contributed by atoms with Crippen molar-refractivity contribution in [1.29, 1.82) is 0 Å². The summed E-state index contributed by atoms with van der Waals surface area (Å²) in [4.78, 5) is 135. The summed E-state index contributed by atoms with van der Waals surface area (Å²) in [6, 6.07) is -11.7. The van der Waals surface area contributed by atoms with Gasteiger partial charge in [-0.15, -0.1) is 0 Å². The number of aliphatic hydroxyl groups is 1. The van der Waals surface area contributed by atoms with Gasteiger partial charge in [0.15, 0.2) is 17.9 Å². The molecule has 0 aliphatic rings. The molecule has 0 unspecified atom stereocenters. The van der Waals surface area contributed by atoms with Crippen LogP contribution in [0.15, 0.2) is 15.0 Å². The van der Waals surface area contributed by atoms with Gasteiger partial charge < -0.3 is 98.6 Å². The Hall–Kier alpha value is -7.08. The smallest absolute Gasteiger partial charge is 0.326 e. The number of aliphatic hydroxyl groups excluding tert-OH is 1. The number of carboxylic acid groups (broad SMARTS) is 1. The monoisotopic (exact) mass is 1140 g/mol. The highest BCUT2D eigenvalue weighted by molar-refractivity contribution is 5.98. The van der Waals surface area contributed by atoms with Crippen molar-refractivity contribution in [2.24, 2.45) is 84.5 Å². The minimum absolute atomic E-state index is 0.00103. The fourth-order valence-electron chi connectivity index (χ4n) is 7.83. The van der Waals surface area contributed by atoms with Crippen molar-refractivity contribution in [2.75, 3.05) is 32.8 Å². The van der Waals surface area contributed by atoms with Gasteiger partial charge in [0.05, 0.1) is 12.6 Å². The van der Waals surface area contributed by atoms with Crippen LogP contribution >= 0.6 is 0 Å². The van der Waals surface area contributed by atoms with Gasteiger partial charge >= 0.3 is 5.97 Å². The SMILES string of the molecule is CC[C@H](C)[C@H](N)C(=O)N[C@@H](CC(C)C)C(=O)N[C@@H](CCCN=C(N)N)C(=O)N[C@H](C(=O)N[C@H](C(=O)N[C@@H](CO)C(=O)N[C@@H](CCCCN)C(=O)N[C@@H](CCCN=C(N)N)C(=O)N[C@@H](CCCN=C(N)N)C(=O)O)[C@@H](C)CC)C(C)C. The number of hydrogen-bond acceptors (Lipinski definition) is 15. The molecule has 8 amide bonds. The molecule has 0 aromatic carbocycles. The van der Waals surface area contributed by atoms with Crippen molar-refractivity contribution in [1.82, 2.24) is 42.5 Å². The van der Waals surface area contributed by atoms with Gasteiger partial charge in [-0.1, -0.05) is 68.2 Å². The molecule has 0 aliphatic carbocycles. The van der Waals surface area contributed by atoms with Crippen LogP contribution in [0.1, 0.15) is 132 Å². The predicted molar refractivity (Wildman–Crippen MR) is 304 cm³/mol. The largest absolute Gasteiger partial charge is 0.480 e. The number of carbonyl (C=O) groups is 9. The number of aliphatic carboxylic acids is 1. The Balaban J connectivity index is 6.71. The first kappa shape index (κ1) is 72.9. The molecule has 0 aliphatic heterocycles. The van der Waals surface area contributed by atoms with E-state index >= 15 is 0 Å². The molecule has 0 fully saturated rings. The van der Waals surface area contributed by atoms with Gasteiger partial charge in [-0.05, 0) is 94.4 Å². The molecular weight excluding hydrogens is 1040 g/mol. The second kappa shape index (κ2) is 39.3. The second-order valence-corrected chi connectivity index (χ2v) is 20.7. The summed E-state index contributed by atoms with van der Waals surface area (Å²) in [6.45, 7) is 13.6. The highest BCUT2D eigenvalue weighted by Gasteiger charge is 2.37. The van der Waals surface area contributed by atoms with E-state index in [1.54, 1.807) is 27.7 Å². The number of carboxylic acids is 1. The third-order valence-electron chi connectivity index (χ3n) is 13.1. The Morgan fingerprint density at radius 1 is 0.438 bits per heavy atom. The van der Waals surface area contributed by atoms with E-state index in [2.05, 4.69) is 57.5 Å². The molecule has 0 radical (unpaired) electrons. The van der Waals surface area contributed by atoms with Crippen LogP contribution in [-0.2, 0) is 43.2 Å². The number of guanidine groups is 3. The quantitative estimate of drug-likeness (QED) is 0.0155. The first-order chi connectivity index (χ1) is 37.5. The van der Waals surface area contributed by atoms with E-state index in [9.17, 15) is 53.4 Å². The highest BCUT2D eigenvalue weighted by Crippen LogP contribution is 2.14. The molecule has 80 heavy (non-hydrogen) atoms. The lowest BCUT2D eigenvalue weighted by atomic mass is 9.96. The fourth-order valence-corrected chi connectivity index (χ4v) is 7.83. The maximum atomic E-state index is 14.2. The molecule has 0 aromatic rings. The summed E-state index contributed by atoms with van der Waals surface area (Å²) >= 11 is 0. The third-order valence-corrected chi connectivity index (χ3v) is 13.1. The van der Waals surface area contributed by atoms with Crippen LogP contribution in [0.5, 0.6) is 0 Å². The topological polar surface area (TPSA) is 536 Å². The van der Waals surface area contributed by atoms with E-state index in [4.69, 9.17) is 45.9 Å². The van der Waals surface area contributed by atoms with Crippen LogP contribution in [-0.4, -0.2) is 168 Å². The molecule has 26 N–H and O–H groups in total. The van der Waals surface area contributed by atoms with Crippen molar-refractivity contribution < 1.29 is 53.4 Å². The number of hydrogen-bond donors (Lipinski definition) is 18. The summed E-state index contributed by atoms with van der Waals surface area (Å²) in [5.74, 6) is -9.86. The van der Waals surface area contributed by atoms with Crippen LogP contribution in [0.4, 0.5) is 0 Å². The summed E-state index contributed by atoms with van der Waals surface area (Å²) in [6.07, 6.45) is 2.23. The zero-order chi connectivity index (χ0) is 61.2. The predicted octanol–water partition coefficient (Wildman–Crippen LogP) is -4.65. The minimum Gasteiger partial charge on any atom is -0.480 e. The van der Waals surface area contributed by atoms with Crippen LogP contribution < -0.4 is 88.4 Å². The summed E-state index contributed by atoms with van der Waals surface area (Å²) in [7, 11) is 0. The van der Waals surface area contributed by atoms with E-state index < -0.39 is 126 Å². The van der Waals surface area contributed by atoms with Crippen LogP contribution in [0.25, 0.3) is 0 Å². The van der Waals surface area contributed by atoms with E-state index in [1.165, 1.54) is 0 Å². The highest BCUT2D eigenvalue weighted by atomic mass is 16.4. The molecular formula is C50H97N19O11. The number of nitrogens with zero attached hydrogens (tertiary/aromatic N) is 3. The lowest BCUT2D eigenvalue weighted by Crippen LogP contribution is -2.62. The average molecular weight is 1140 g/mol. The van der Waals surface area contributed by atoms with Gasteiger partial charge in [0, 0.05) is 19.6 Å².